The molecule has 1 atom stereocenters. The number of dihydropyridines is 1. The first-order valence-electron chi connectivity index (χ1n) is 7.79. The van der Waals surface area contributed by atoms with Crippen molar-refractivity contribution in [2.24, 2.45) is 0 Å². The highest BCUT2D eigenvalue weighted by atomic mass is 32.1. The van der Waals surface area contributed by atoms with Crippen LogP contribution in [0.25, 0.3) is 5.57 Å². The van der Waals surface area contributed by atoms with E-state index in [1.54, 1.807) is 14.0 Å². The zero-order valence-electron chi connectivity index (χ0n) is 14.5. The number of carboxylic acid groups (broad SMARTS) is 1. The van der Waals surface area contributed by atoms with Crippen molar-refractivity contribution in [1.29, 1.82) is 0 Å². The summed E-state index contributed by atoms with van der Waals surface area (Å²) in [5, 5.41) is 13.7. The Morgan fingerprint density at radius 3 is 2.64 bits per heavy atom. The lowest BCUT2D eigenvalue weighted by Gasteiger charge is -2.30. The van der Waals surface area contributed by atoms with Gasteiger partial charge in [-0.2, -0.15) is 4.37 Å². The van der Waals surface area contributed by atoms with Crippen LogP contribution in [0.5, 0.6) is 5.75 Å². The minimum atomic E-state index is -0.955. The van der Waals surface area contributed by atoms with Crippen molar-refractivity contribution >= 4 is 23.1 Å². The minimum absolute atomic E-state index is 0.307. The van der Waals surface area contributed by atoms with Gasteiger partial charge in [0.1, 0.15) is 16.6 Å². The highest BCUT2D eigenvalue weighted by Gasteiger charge is 2.35. The average molecular weight is 357 g/mol. The smallest absolute Gasteiger partial charge is 0.334 e. The molecule has 1 aliphatic heterocycles. The van der Waals surface area contributed by atoms with Gasteiger partial charge in [-0.1, -0.05) is 12.1 Å². The lowest BCUT2D eigenvalue weighted by atomic mass is 9.80. The number of carboxylic acids is 1. The molecule has 0 bridgehead atoms. The van der Waals surface area contributed by atoms with Gasteiger partial charge < -0.3 is 15.2 Å². The van der Waals surface area contributed by atoms with Crippen molar-refractivity contribution in [3.63, 3.8) is 0 Å². The number of nitrogens with one attached hydrogen (secondary N) is 1. The number of ether oxygens (including phenoxy) is 1. The summed E-state index contributed by atoms with van der Waals surface area (Å²) in [6.07, 6.45) is 0. The van der Waals surface area contributed by atoms with Gasteiger partial charge in [0, 0.05) is 22.9 Å². The second-order valence-electron chi connectivity index (χ2n) is 5.86. The van der Waals surface area contributed by atoms with Crippen LogP contribution in [0, 0.1) is 6.92 Å². The van der Waals surface area contributed by atoms with Crippen molar-refractivity contribution in [3.8, 4) is 5.75 Å². The van der Waals surface area contributed by atoms with Crippen molar-refractivity contribution in [2.75, 3.05) is 7.11 Å². The van der Waals surface area contributed by atoms with Crippen LogP contribution in [-0.2, 0) is 4.79 Å². The molecule has 1 aromatic heterocycles. The van der Waals surface area contributed by atoms with E-state index in [9.17, 15) is 9.90 Å². The number of benzene rings is 1. The van der Waals surface area contributed by atoms with Gasteiger partial charge in [-0.15, -0.1) is 0 Å². The molecule has 130 valence electrons. The fraction of sp³-hybridized carbons (Fsp3) is 0.278. The summed E-state index contributed by atoms with van der Waals surface area (Å²) >= 11 is 1.28. The Morgan fingerprint density at radius 1 is 1.28 bits per heavy atom. The average Bonchev–Trinajstić information content (AvgIpc) is 2.99. The van der Waals surface area contributed by atoms with Crippen LogP contribution in [-0.4, -0.2) is 27.5 Å². The van der Waals surface area contributed by atoms with Crippen LogP contribution in [0.1, 0.15) is 36.2 Å². The number of rotatable bonds is 4. The molecule has 0 saturated carbocycles. The molecule has 1 aliphatic rings. The van der Waals surface area contributed by atoms with Crippen molar-refractivity contribution < 1.29 is 14.6 Å². The molecule has 0 aliphatic carbocycles. The molecule has 2 aromatic rings. The van der Waals surface area contributed by atoms with Crippen LogP contribution >= 0.6 is 11.5 Å². The van der Waals surface area contributed by atoms with E-state index in [4.69, 9.17) is 4.74 Å². The van der Waals surface area contributed by atoms with Gasteiger partial charge in [0.05, 0.1) is 12.7 Å². The number of methoxy groups -OCH3 is 1. The first-order chi connectivity index (χ1) is 11.9. The Labute approximate surface area is 150 Å². The molecule has 0 radical (unpaired) electrons. The molecule has 2 N–H and O–H groups in total. The summed E-state index contributed by atoms with van der Waals surface area (Å²) in [4.78, 5) is 16.5. The van der Waals surface area contributed by atoms with Gasteiger partial charge in [-0.3, -0.25) is 0 Å². The standard InChI is InChI=1S/C18H19N3O3S/c1-9-14(17-20-11(3)21-25-17)16(15(18(22)23)10(2)19-9)12-6-5-7-13(8-12)24-4/h5-8,16,19H,1-4H3,(H,22,23). The van der Waals surface area contributed by atoms with E-state index in [0.717, 1.165) is 21.8 Å². The molecule has 25 heavy (non-hydrogen) atoms. The summed E-state index contributed by atoms with van der Waals surface area (Å²) in [7, 11) is 1.59. The van der Waals surface area contributed by atoms with Gasteiger partial charge in [0.15, 0.2) is 0 Å². The summed E-state index contributed by atoms with van der Waals surface area (Å²) in [5.41, 5.74) is 3.50. The number of aliphatic carboxylic acids is 1. The third kappa shape index (κ3) is 3.15. The largest absolute Gasteiger partial charge is 0.497 e. The molecule has 0 fully saturated rings. The van der Waals surface area contributed by atoms with Gasteiger partial charge in [0.2, 0.25) is 0 Å². The predicted octanol–water partition coefficient (Wildman–Crippen LogP) is 3.33. The lowest BCUT2D eigenvalue weighted by Crippen LogP contribution is -2.27. The Kier molecular flexibility index (Phi) is 4.59. The van der Waals surface area contributed by atoms with Crippen LogP contribution in [0.15, 0.2) is 41.2 Å². The van der Waals surface area contributed by atoms with E-state index in [0.29, 0.717) is 22.8 Å². The number of hydrogen-bond acceptors (Lipinski definition) is 6. The molecule has 0 spiro atoms. The number of carbonyl (C=O) groups is 1. The second-order valence-corrected chi connectivity index (χ2v) is 6.62. The molecule has 7 heteroatoms. The Bertz CT molecular complexity index is 898. The van der Waals surface area contributed by atoms with E-state index in [1.807, 2.05) is 38.1 Å². The van der Waals surface area contributed by atoms with Crippen molar-refractivity contribution in [2.45, 2.75) is 26.7 Å². The monoisotopic (exact) mass is 357 g/mol. The minimum Gasteiger partial charge on any atom is -0.497 e. The number of nitrogens with zero attached hydrogens (tertiary/aromatic N) is 2. The van der Waals surface area contributed by atoms with Crippen molar-refractivity contribution in [3.05, 3.63) is 57.6 Å². The molecule has 1 unspecified atom stereocenters. The molecule has 2 heterocycles. The quantitative estimate of drug-likeness (QED) is 0.873. The molecule has 6 nitrogen and oxygen atoms in total. The third-order valence-corrected chi connectivity index (χ3v) is 5.02. The van der Waals surface area contributed by atoms with Crippen LogP contribution in [0.2, 0.25) is 0 Å². The lowest BCUT2D eigenvalue weighted by molar-refractivity contribution is -0.132. The first kappa shape index (κ1) is 17.2. The topological polar surface area (TPSA) is 84.3 Å². The molecule has 0 saturated heterocycles. The predicted molar refractivity (Wildman–Crippen MR) is 96.4 cm³/mol. The summed E-state index contributed by atoms with van der Waals surface area (Å²) < 4.78 is 9.58. The van der Waals surface area contributed by atoms with E-state index >= 15 is 0 Å². The molecule has 3 rings (SSSR count). The Hall–Kier alpha value is -2.67. The van der Waals surface area contributed by atoms with E-state index in [1.165, 1.54) is 11.5 Å². The maximum atomic E-state index is 12.0. The molecule has 1 aromatic carbocycles. The number of hydrogen-bond donors (Lipinski definition) is 2. The van der Waals surface area contributed by atoms with E-state index in [2.05, 4.69) is 14.7 Å². The number of allylic oxidation sites excluding steroid dienone is 3. The number of aromatic nitrogens is 2. The zero-order valence-corrected chi connectivity index (χ0v) is 15.3. The highest BCUT2D eigenvalue weighted by Crippen LogP contribution is 2.44. The van der Waals surface area contributed by atoms with Gasteiger partial charge in [0.25, 0.3) is 0 Å². The van der Waals surface area contributed by atoms with Gasteiger partial charge in [-0.25, -0.2) is 9.78 Å². The Balaban J connectivity index is 2.24. The summed E-state index contributed by atoms with van der Waals surface area (Å²) in [5.74, 6) is -0.0398. The van der Waals surface area contributed by atoms with Crippen LogP contribution in [0.3, 0.4) is 0 Å². The van der Waals surface area contributed by atoms with Gasteiger partial charge >= 0.3 is 5.97 Å². The zero-order chi connectivity index (χ0) is 18.1. The normalized spacial score (nSPS) is 17.5. The first-order valence-corrected chi connectivity index (χ1v) is 8.56. The fourth-order valence-corrected chi connectivity index (χ4v) is 3.92. The fourth-order valence-electron chi connectivity index (χ4n) is 3.12. The second kappa shape index (κ2) is 6.68. The molecular formula is C18H19N3O3S. The van der Waals surface area contributed by atoms with Crippen LogP contribution in [0.4, 0.5) is 0 Å². The van der Waals surface area contributed by atoms with E-state index < -0.39 is 11.9 Å². The maximum Gasteiger partial charge on any atom is 0.334 e. The summed E-state index contributed by atoms with van der Waals surface area (Å²) in [6, 6.07) is 7.49. The van der Waals surface area contributed by atoms with Gasteiger partial charge in [-0.05, 0) is 50.0 Å². The molecular weight excluding hydrogens is 338 g/mol. The van der Waals surface area contributed by atoms with Crippen molar-refractivity contribution in [1.82, 2.24) is 14.7 Å². The maximum absolute atomic E-state index is 12.0. The Morgan fingerprint density at radius 2 is 2.04 bits per heavy atom. The third-order valence-electron chi connectivity index (χ3n) is 4.18. The highest BCUT2D eigenvalue weighted by molar-refractivity contribution is 7.06. The molecule has 0 amide bonds. The van der Waals surface area contributed by atoms with Crippen LogP contribution < -0.4 is 10.1 Å². The SMILES string of the molecule is COc1cccc(C2C(C(=O)O)=C(C)NC(C)=C2c2nc(C)ns2)c1. The summed E-state index contributed by atoms with van der Waals surface area (Å²) in [6.45, 7) is 5.54. The van der Waals surface area contributed by atoms with E-state index in [-0.39, 0.29) is 0 Å². The number of aryl methyl sites for hydroxylation is 1.